The predicted molar refractivity (Wildman–Crippen MR) is 101 cm³/mol. The fraction of sp³-hybridized carbons (Fsp3) is 0.316. The molecule has 2 rings (SSSR count). The van der Waals surface area contributed by atoms with Gasteiger partial charge < -0.3 is 9.29 Å². The molecule has 0 bridgehead atoms. The summed E-state index contributed by atoms with van der Waals surface area (Å²) in [7, 11) is -4.61. The Kier molecular flexibility index (Phi) is 5.92. The molecule has 0 saturated carbocycles. The van der Waals surface area contributed by atoms with E-state index >= 15 is 0 Å². The van der Waals surface area contributed by atoms with Crippen LogP contribution in [0.3, 0.4) is 0 Å². The smallest absolute Gasteiger partial charge is 0.428 e. The van der Waals surface area contributed by atoms with Gasteiger partial charge in [0, 0.05) is 0 Å². The fourth-order valence-corrected chi connectivity index (χ4v) is 3.67. The Morgan fingerprint density at radius 3 is 1.85 bits per heavy atom. The van der Waals surface area contributed by atoms with E-state index in [1.54, 1.807) is 30.3 Å². The SMILES string of the molecule is CC(C)c1cccc(C(C)C)c1OS(=O)(=O)N(C(=O)O)c1ccccc1. The van der Waals surface area contributed by atoms with Crippen molar-refractivity contribution in [1.82, 2.24) is 0 Å². The second-order valence-corrected chi connectivity index (χ2v) is 7.89. The van der Waals surface area contributed by atoms with Crippen LogP contribution in [0, 0.1) is 0 Å². The third kappa shape index (κ3) is 4.16. The Hall–Kier alpha value is -2.54. The van der Waals surface area contributed by atoms with Crippen LogP contribution in [0.15, 0.2) is 48.5 Å². The van der Waals surface area contributed by atoms with Crippen LogP contribution < -0.4 is 8.49 Å². The van der Waals surface area contributed by atoms with Gasteiger partial charge in [0.1, 0.15) is 0 Å². The van der Waals surface area contributed by atoms with Gasteiger partial charge in [-0.15, -0.1) is 4.31 Å². The molecular weight excluding hydrogens is 354 g/mol. The quantitative estimate of drug-likeness (QED) is 0.786. The van der Waals surface area contributed by atoms with Gasteiger partial charge in [-0.25, -0.2) is 4.79 Å². The lowest BCUT2D eigenvalue weighted by Gasteiger charge is -2.23. The Labute approximate surface area is 154 Å². The van der Waals surface area contributed by atoms with E-state index in [2.05, 4.69) is 0 Å². The molecule has 0 unspecified atom stereocenters. The van der Waals surface area contributed by atoms with Gasteiger partial charge in [0.2, 0.25) is 0 Å². The zero-order valence-corrected chi connectivity index (χ0v) is 16.0. The number of hydrogen-bond acceptors (Lipinski definition) is 4. The lowest BCUT2D eigenvalue weighted by Crippen LogP contribution is -2.39. The van der Waals surface area contributed by atoms with Crippen LogP contribution in [0.5, 0.6) is 5.75 Å². The second kappa shape index (κ2) is 7.78. The summed E-state index contributed by atoms with van der Waals surface area (Å²) in [6, 6.07) is 13.0. The number of carboxylic acid groups (broad SMARTS) is 1. The van der Waals surface area contributed by atoms with Crippen molar-refractivity contribution in [3.05, 3.63) is 59.7 Å². The Balaban J connectivity index is 2.57. The van der Waals surface area contributed by atoms with Gasteiger partial charge in [0.15, 0.2) is 5.75 Å². The van der Waals surface area contributed by atoms with Crippen molar-refractivity contribution >= 4 is 22.1 Å². The van der Waals surface area contributed by atoms with Crippen molar-refractivity contribution in [2.45, 2.75) is 39.5 Å². The van der Waals surface area contributed by atoms with Crippen LogP contribution in [-0.2, 0) is 10.3 Å². The van der Waals surface area contributed by atoms with Gasteiger partial charge in [-0.1, -0.05) is 64.1 Å². The standard InChI is InChI=1S/C19H23NO5S/c1-13(2)16-11-8-12-17(14(3)4)18(16)25-26(23,24)20(19(21)22)15-9-6-5-7-10-15/h5-14H,1-4H3,(H,21,22). The summed E-state index contributed by atoms with van der Waals surface area (Å²) in [5, 5.41) is 9.46. The summed E-state index contributed by atoms with van der Waals surface area (Å²) in [5.74, 6) is 0.211. The minimum atomic E-state index is -4.61. The monoisotopic (exact) mass is 377 g/mol. The van der Waals surface area contributed by atoms with Gasteiger partial charge in [-0.3, -0.25) is 0 Å². The van der Waals surface area contributed by atoms with Crippen LogP contribution in [0.1, 0.15) is 50.7 Å². The zero-order valence-electron chi connectivity index (χ0n) is 15.2. The second-order valence-electron chi connectivity index (χ2n) is 6.50. The van der Waals surface area contributed by atoms with E-state index in [0.29, 0.717) is 11.1 Å². The third-order valence-corrected chi connectivity index (χ3v) is 5.09. The Morgan fingerprint density at radius 2 is 1.42 bits per heavy atom. The molecule has 0 aliphatic rings. The summed E-state index contributed by atoms with van der Waals surface area (Å²) < 4.78 is 31.3. The Bertz CT molecular complexity index is 850. The molecule has 0 spiro atoms. The first-order chi connectivity index (χ1) is 12.1. The van der Waals surface area contributed by atoms with E-state index in [9.17, 15) is 18.3 Å². The van der Waals surface area contributed by atoms with Gasteiger partial charge in [0.25, 0.3) is 0 Å². The van der Waals surface area contributed by atoms with E-state index in [4.69, 9.17) is 4.18 Å². The van der Waals surface area contributed by atoms with Crippen LogP contribution in [0.25, 0.3) is 0 Å². The number of para-hydroxylation sites is 2. The zero-order chi connectivity index (χ0) is 19.5. The highest BCUT2D eigenvalue weighted by molar-refractivity contribution is 7.89. The number of rotatable bonds is 6. The first-order valence-electron chi connectivity index (χ1n) is 8.30. The number of hydrogen-bond donors (Lipinski definition) is 1. The van der Waals surface area contributed by atoms with Crippen molar-refractivity contribution in [3.8, 4) is 5.75 Å². The minimum absolute atomic E-state index is 0.00637. The average Bonchev–Trinajstić information content (AvgIpc) is 2.54. The largest absolute Gasteiger partial charge is 0.464 e. The number of amides is 1. The Morgan fingerprint density at radius 1 is 0.923 bits per heavy atom. The normalized spacial score (nSPS) is 11.6. The van der Waals surface area contributed by atoms with Crippen molar-refractivity contribution in [3.63, 3.8) is 0 Å². The summed E-state index contributed by atoms with van der Waals surface area (Å²) in [6.07, 6.45) is -1.63. The molecule has 7 heteroatoms. The van der Waals surface area contributed by atoms with E-state index in [0.717, 1.165) is 0 Å². The number of carbonyl (C=O) groups is 1. The van der Waals surface area contributed by atoms with E-state index in [1.165, 1.54) is 12.1 Å². The molecule has 0 radical (unpaired) electrons. The first kappa shape index (κ1) is 19.8. The average molecular weight is 377 g/mol. The highest BCUT2D eigenvalue weighted by Gasteiger charge is 2.33. The van der Waals surface area contributed by atoms with Gasteiger partial charge >= 0.3 is 16.4 Å². The number of anilines is 1. The third-order valence-electron chi connectivity index (χ3n) is 3.90. The molecule has 2 aromatic rings. The van der Waals surface area contributed by atoms with Crippen molar-refractivity contribution in [2.24, 2.45) is 0 Å². The lowest BCUT2D eigenvalue weighted by molar-refractivity contribution is 0.205. The van der Waals surface area contributed by atoms with Crippen LogP contribution in [0.4, 0.5) is 10.5 Å². The summed E-state index contributed by atoms with van der Waals surface area (Å²) in [4.78, 5) is 11.6. The summed E-state index contributed by atoms with van der Waals surface area (Å²) in [5.41, 5.74) is 1.41. The predicted octanol–water partition coefficient (Wildman–Crippen LogP) is 4.74. The van der Waals surface area contributed by atoms with E-state index in [1.807, 2.05) is 33.8 Å². The van der Waals surface area contributed by atoms with Gasteiger partial charge in [-0.05, 0) is 35.1 Å². The first-order valence-corrected chi connectivity index (χ1v) is 9.67. The molecule has 0 aliphatic carbocycles. The fourth-order valence-electron chi connectivity index (χ4n) is 2.62. The van der Waals surface area contributed by atoms with Crippen molar-refractivity contribution in [1.29, 1.82) is 0 Å². The molecule has 6 nitrogen and oxygen atoms in total. The molecule has 0 saturated heterocycles. The summed E-state index contributed by atoms with van der Waals surface area (Å²) in [6.45, 7) is 7.69. The molecule has 0 fully saturated rings. The lowest BCUT2D eigenvalue weighted by atomic mass is 9.94. The minimum Gasteiger partial charge on any atom is -0.464 e. The molecule has 0 aliphatic heterocycles. The molecule has 0 heterocycles. The molecule has 1 N–H and O–H groups in total. The number of nitrogens with zero attached hydrogens (tertiary/aromatic N) is 1. The maximum Gasteiger partial charge on any atom is 0.428 e. The van der Waals surface area contributed by atoms with Crippen LogP contribution in [-0.4, -0.2) is 19.6 Å². The molecule has 26 heavy (non-hydrogen) atoms. The van der Waals surface area contributed by atoms with Gasteiger partial charge in [-0.2, -0.15) is 8.42 Å². The van der Waals surface area contributed by atoms with Crippen molar-refractivity contribution < 1.29 is 22.5 Å². The van der Waals surface area contributed by atoms with Crippen molar-refractivity contribution in [2.75, 3.05) is 4.31 Å². The van der Waals surface area contributed by atoms with Gasteiger partial charge in [0.05, 0.1) is 5.69 Å². The highest BCUT2D eigenvalue weighted by Crippen LogP contribution is 2.36. The number of benzene rings is 2. The molecule has 2 aromatic carbocycles. The maximum absolute atomic E-state index is 12.8. The van der Waals surface area contributed by atoms with E-state index < -0.39 is 16.4 Å². The molecule has 0 atom stereocenters. The van der Waals surface area contributed by atoms with Crippen LogP contribution in [0.2, 0.25) is 0 Å². The summed E-state index contributed by atoms with van der Waals surface area (Å²) >= 11 is 0. The van der Waals surface area contributed by atoms with Crippen LogP contribution >= 0.6 is 0 Å². The topological polar surface area (TPSA) is 83.9 Å². The van der Waals surface area contributed by atoms with E-state index in [-0.39, 0.29) is 27.6 Å². The molecule has 140 valence electrons. The maximum atomic E-state index is 12.8. The molecular formula is C19H23NO5S. The molecule has 0 aromatic heterocycles. The highest BCUT2D eigenvalue weighted by atomic mass is 32.2. The molecule has 1 amide bonds.